The predicted molar refractivity (Wildman–Crippen MR) is 93.7 cm³/mol. The molecule has 1 aliphatic carbocycles. The summed E-state index contributed by atoms with van der Waals surface area (Å²) in [6.45, 7) is 2.25. The van der Waals surface area contributed by atoms with Crippen LogP contribution in [-0.2, 0) is 0 Å². The molecule has 0 radical (unpaired) electrons. The SMILES string of the molecule is CC1CC[C@@H](NC(=O)c2cc(-c3cncs3)cc3[nH]ccc23)C1. The third-order valence-corrected chi connectivity index (χ3v) is 5.48. The number of benzene rings is 1. The number of rotatable bonds is 3. The maximum Gasteiger partial charge on any atom is 0.252 e. The Morgan fingerprint density at radius 2 is 2.30 bits per heavy atom. The molecule has 0 bridgehead atoms. The number of thiazole rings is 1. The lowest BCUT2D eigenvalue weighted by Crippen LogP contribution is -2.33. The van der Waals surface area contributed by atoms with Crippen LogP contribution in [0.25, 0.3) is 21.3 Å². The first kappa shape index (κ1) is 14.5. The van der Waals surface area contributed by atoms with Crippen LogP contribution in [0.3, 0.4) is 0 Å². The van der Waals surface area contributed by atoms with Crippen molar-refractivity contribution in [1.82, 2.24) is 15.3 Å². The van der Waals surface area contributed by atoms with Gasteiger partial charge in [0.15, 0.2) is 0 Å². The molecule has 0 saturated heterocycles. The number of nitrogens with one attached hydrogen (secondary N) is 2. The molecule has 1 aromatic carbocycles. The van der Waals surface area contributed by atoms with E-state index in [1.54, 1.807) is 11.3 Å². The number of hydrogen-bond acceptors (Lipinski definition) is 3. The van der Waals surface area contributed by atoms with Crippen LogP contribution in [0.5, 0.6) is 0 Å². The summed E-state index contributed by atoms with van der Waals surface area (Å²) in [6, 6.07) is 6.34. The van der Waals surface area contributed by atoms with Crippen molar-refractivity contribution < 1.29 is 4.79 Å². The van der Waals surface area contributed by atoms with Crippen LogP contribution >= 0.6 is 11.3 Å². The monoisotopic (exact) mass is 325 g/mol. The topological polar surface area (TPSA) is 57.8 Å². The van der Waals surface area contributed by atoms with E-state index >= 15 is 0 Å². The van der Waals surface area contributed by atoms with Gasteiger partial charge in [0.1, 0.15) is 0 Å². The van der Waals surface area contributed by atoms with Crippen molar-refractivity contribution in [3.63, 3.8) is 0 Å². The fourth-order valence-corrected chi connectivity index (χ4v) is 4.07. The Morgan fingerprint density at radius 1 is 1.39 bits per heavy atom. The molecule has 118 valence electrons. The molecule has 23 heavy (non-hydrogen) atoms. The summed E-state index contributed by atoms with van der Waals surface area (Å²) < 4.78 is 0. The molecule has 0 aliphatic heterocycles. The Hall–Kier alpha value is -2.14. The molecule has 4 nitrogen and oxygen atoms in total. The maximum absolute atomic E-state index is 12.8. The highest BCUT2D eigenvalue weighted by molar-refractivity contribution is 7.13. The first-order valence-electron chi connectivity index (χ1n) is 8.01. The fourth-order valence-electron chi connectivity index (χ4n) is 3.46. The summed E-state index contributed by atoms with van der Waals surface area (Å²) >= 11 is 1.58. The number of carbonyl (C=O) groups is 1. The number of fused-ring (bicyclic) bond motifs is 1. The Bertz CT molecular complexity index is 837. The van der Waals surface area contributed by atoms with Gasteiger partial charge in [-0.3, -0.25) is 9.78 Å². The summed E-state index contributed by atoms with van der Waals surface area (Å²) in [7, 11) is 0. The van der Waals surface area contributed by atoms with Gasteiger partial charge in [0, 0.05) is 34.9 Å². The van der Waals surface area contributed by atoms with E-state index in [4.69, 9.17) is 0 Å². The Morgan fingerprint density at radius 3 is 3.04 bits per heavy atom. The average Bonchev–Trinajstić information content (AvgIpc) is 3.27. The summed E-state index contributed by atoms with van der Waals surface area (Å²) in [6.07, 6.45) is 7.09. The molecule has 1 amide bonds. The molecule has 2 atom stereocenters. The normalized spacial score (nSPS) is 20.9. The summed E-state index contributed by atoms with van der Waals surface area (Å²) in [4.78, 5) is 21.2. The van der Waals surface area contributed by atoms with Crippen molar-refractivity contribution in [3.8, 4) is 10.4 Å². The van der Waals surface area contributed by atoms with Gasteiger partial charge in [0.2, 0.25) is 0 Å². The highest BCUT2D eigenvalue weighted by Crippen LogP contribution is 2.30. The zero-order chi connectivity index (χ0) is 15.8. The van der Waals surface area contributed by atoms with Gasteiger partial charge in [-0.15, -0.1) is 11.3 Å². The number of aromatic amines is 1. The molecule has 2 aromatic heterocycles. The summed E-state index contributed by atoms with van der Waals surface area (Å²) in [5.41, 5.74) is 4.58. The molecule has 4 rings (SSSR count). The van der Waals surface area contributed by atoms with Crippen LogP contribution in [0.15, 0.2) is 36.1 Å². The van der Waals surface area contributed by atoms with E-state index in [1.807, 2.05) is 30.0 Å². The summed E-state index contributed by atoms with van der Waals surface area (Å²) in [5, 5.41) is 4.19. The molecule has 1 aliphatic rings. The van der Waals surface area contributed by atoms with Crippen molar-refractivity contribution in [2.75, 3.05) is 0 Å². The number of nitrogens with zero attached hydrogens (tertiary/aromatic N) is 1. The lowest BCUT2D eigenvalue weighted by atomic mass is 10.0. The van der Waals surface area contributed by atoms with Crippen molar-refractivity contribution in [2.45, 2.75) is 32.2 Å². The van der Waals surface area contributed by atoms with Crippen LogP contribution in [0.1, 0.15) is 36.5 Å². The minimum atomic E-state index is 0.0278. The fraction of sp³-hybridized carbons (Fsp3) is 0.333. The van der Waals surface area contributed by atoms with Crippen molar-refractivity contribution >= 4 is 28.1 Å². The van der Waals surface area contributed by atoms with Gasteiger partial charge >= 0.3 is 0 Å². The molecule has 1 unspecified atom stereocenters. The number of aromatic nitrogens is 2. The van der Waals surface area contributed by atoms with Crippen LogP contribution in [0.2, 0.25) is 0 Å². The van der Waals surface area contributed by atoms with E-state index in [9.17, 15) is 4.79 Å². The predicted octanol–water partition coefficient (Wildman–Crippen LogP) is 4.21. The average molecular weight is 325 g/mol. The van der Waals surface area contributed by atoms with Gasteiger partial charge in [-0.05, 0) is 48.9 Å². The quantitative estimate of drug-likeness (QED) is 0.758. The second-order valence-electron chi connectivity index (χ2n) is 6.42. The molecule has 2 N–H and O–H groups in total. The standard InChI is InChI=1S/C18H19N3OS/c1-11-2-3-13(6-11)21-18(22)15-7-12(17-9-19-10-23-17)8-16-14(15)4-5-20-16/h4-5,7-11,13,20H,2-3,6H2,1H3,(H,21,22)/t11?,13-/m1/s1. The highest BCUT2D eigenvalue weighted by Gasteiger charge is 2.24. The first-order valence-corrected chi connectivity index (χ1v) is 8.89. The van der Waals surface area contributed by atoms with Gasteiger partial charge in [0.05, 0.1) is 10.4 Å². The minimum Gasteiger partial charge on any atom is -0.361 e. The zero-order valence-electron chi connectivity index (χ0n) is 13.0. The van der Waals surface area contributed by atoms with E-state index in [1.165, 1.54) is 6.42 Å². The third-order valence-electron chi connectivity index (χ3n) is 4.66. The summed E-state index contributed by atoms with van der Waals surface area (Å²) in [5.74, 6) is 0.733. The van der Waals surface area contributed by atoms with Gasteiger partial charge in [-0.1, -0.05) is 6.92 Å². The zero-order valence-corrected chi connectivity index (χ0v) is 13.8. The van der Waals surface area contributed by atoms with Gasteiger partial charge in [-0.25, -0.2) is 0 Å². The van der Waals surface area contributed by atoms with Gasteiger partial charge in [-0.2, -0.15) is 0 Å². The molecule has 1 saturated carbocycles. The highest BCUT2D eigenvalue weighted by atomic mass is 32.1. The van der Waals surface area contributed by atoms with Crippen molar-refractivity contribution in [2.24, 2.45) is 5.92 Å². The molecular formula is C18H19N3OS. The van der Waals surface area contributed by atoms with Crippen molar-refractivity contribution in [3.05, 3.63) is 41.7 Å². The number of hydrogen-bond donors (Lipinski definition) is 2. The van der Waals surface area contributed by atoms with Crippen LogP contribution < -0.4 is 5.32 Å². The second-order valence-corrected chi connectivity index (χ2v) is 7.30. The Labute approximate surface area is 138 Å². The molecule has 3 aromatic rings. The largest absolute Gasteiger partial charge is 0.361 e. The van der Waals surface area contributed by atoms with E-state index in [0.717, 1.165) is 39.7 Å². The molecular weight excluding hydrogens is 306 g/mol. The first-order chi connectivity index (χ1) is 11.2. The lowest BCUT2D eigenvalue weighted by Gasteiger charge is -2.14. The minimum absolute atomic E-state index is 0.0278. The maximum atomic E-state index is 12.8. The molecule has 1 fully saturated rings. The molecule has 0 spiro atoms. The Balaban J connectivity index is 1.70. The van der Waals surface area contributed by atoms with E-state index < -0.39 is 0 Å². The number of amides is 1. The van der Waals surface area contributed by atoms with E-state index in [-0.39, 0.29) is 5.91 Å². The smallest absolute Gasteiger partial charge is 0.252 e. The molecule has 2 heterocycles. The van der Waals surface area contributed by atoms with Crippen LogP contribution in [0.4, 0.5) is 0 Å². The second kappa shape index (κ2) is 5.81. The number of carbonyl (C=O) groups excluding carboxylic acids is 1. The van der Waals surface area contributed by atoms with E-state index in [2.05, 4.69) is 28.3 Å². The third kappa shape index (κ3) is 2.77. The Kier molecular flexibility index (Phi) is 3.65. The number of H-pyrrole nitrogens is 1. The lowest BCUT2D eigenvalue weighted by molar-refractivity contribution is 0.0939. The van der Waals surface area contributed by atoms with E-state index in [0.29, 0.717) is 12.0 Å². The van der Waals surface area contributed by atoms with Gasteiger partial charge < -0.3 is 10.3 Å². The van der Waals surface area contributed by atoms with Gasteiger partial charge in [0.25, 0.3) is 5.91 Å². The van der Waals surface area contributed by atoms with Crippen LogP contribution in [-0.4, -0.2) is 21.9 Å². The van der Waals surface area contributed by atoms with Crippen LogP contribution in [0, 0.1) is 5.92 Å². The molecule has 5 heteroatoms. The van der Waals surface area contributed by atoms with Crippen molar-refractivity contribution in [1.29, 1.82) is 0 Å².